The summed E-state index contributed by atoms with van der Waals surface area (Å²) < 4.78 is 13.5. The van der Waals surface area contributed by atoms with Crippen molar-refractivity contribution in [2.45, 2.75) is 45.6 Å². The lowest BCUT2D eigenvalue weighted by Crippen LogP contribution is -2.51. The average molecular weight is 388 g/mol. The quantitative estimate of drug-likeness (QED) is 0.789. The number of hydrogen-bond acceptors (Lipinski definition) is 4. The number of hydrogen-bond donors (Lipinski definition) is 0. The van der Waals surface area contributed by atoms with Crippen LogP contribution >= 0.6 is 11.3 Å². The second kappa shape index (κ2) is 7.68. The fourth-order valence-electron chi connectivity index (χ4n) is 4.20. The van der Waals surface area contributed by atoms with Crippen LogP contribution in [0.3, 0.4) is 0 Å². The molecule has 0 atom stereocenters. The van der Waals surface area contributed by atoms with E-state index in [0.717, 1.165) is 48.5 Å². The molecule has 1 aliphatic heterocycles. The molecule has 2 fully saturated rings. The third kappa shape index (κ3) is 3.78. The number of halogens is 1. The van der Waals surface area contributed by atoms with Gasteiger partial charge in [0.2, 0.25) is 0 Å². The molecule has 0 spiro atoms. The van der Waals surface area contributed by atoms with E-state index < -0.39 is 0 Å². The molecular formula is C21H26FN3OS. The van der Waals surface area contributed by atoms with Gasteiger partial charge in [0.1, 0.15) is 15.7 Å². The predicted molar refractivity (Wildman–Crippen MR) is 107 cm³/mol. The fourth-order valence-corrected chi connectivity index (χ4v) is 5.23. The molecule has 2 heterocycles. The van der Waals surface area contributed by atoms with Crippen molar-refractivity contribution in [2.24, 2.45) is 0 Å². The van der Waals surface area contributed by atoms with Crippen molar-refractivity contribution >= 4 is 17.2 Å². The van der Waals surface area contributed by atoms with Crippen molar-refractivity contribution < 1.29 is 9.18 Å². The van der Waals surface area contributed by atoms with Gasteiger partial charge in [-0.3, -0.25) is 9.69 Å². The number of aromatic nitrogens is 1. The van der Waals surface area contributed by atoms with Gasteiger partial charge in [0.05, 0.1) is 5.69 Å². The Morgan fingerprint density at radius 1 is 1.15 bits per heavy atom. The summed E-state index contributed by atoms with van der Waals surface area (Å²) in [4.78, 5) is 22.8. The van der Waals surface area contributed by atoms with E-state index in [9.17, 15) is 9.18 Å². The van der Waals surface area contributed by atoms with E-state index in [1.165, 1.54) is 43.1 Å². The summed E-state index contributed by atoms with van der Waals surface area (Å²) in [5, 5.41) is 0.781. The highest BCUT2D eigenvalue weighted by Gasteiger charge is 2.29. The van der Waals surface area contributed by atoms with E-state index in [2.05, 4.69) is 9.88 Å². The highest BCUT2D eigenvalue weighted by molar-refractivity contribution is 7.17. The summed E-state index contributed by atoms with van der Waals surface area (Å²) in [6, 6.07) is 5.71. The molecule has 1 saturated carbocycles. The monoisotopic (exact) mass is 387 g/mol. The minimum atomic E-state index is -0.219. The standard InChI is InChI=1S/C21H26FN3OS/c1-14-13-16(7-8-18(14)22)20-23-15(2)19(27-20)21(26)25-11-9-24(10-12-25)17-5-3-4-6-17/h7-8,13,17H,3-6,9-12H2,1-2H3. The lowest BCUT2D eigenvalue weighted by Gasteiger charge is -2.37. The Morgan fingerprint density at radius 3 is 2.52 bits per heavy atom. The molecule has 1 amide bonds. The van der Waals surface area contributed by atoms with E-state index in [1.54, 1.807) is 19.1 Å². The molecule has 1 aliphatic carbocycles. The Balaban J connectivity index is 1.46. The van der Waals surface area contributed by atoms with E-state index in [4.69, 9.17) is 0 Å². The van der Waals surface area contributed by atoms with Crippen molar-refractivity contribution in [3.05, 3.63) is 40.2 Å². The number of nitrogens with zero attached hydrogens (tertiary/aromatic N) is 3. The van der Waals surface area contributed by atoms with Crippen LogP contribution in [0, 0.1) is 19.7 Å². The lowest BCUT2D eigenvalue weighted by atomic mass is 10.1. The Morgan fingerprint density at radius 2 is 1.85 bits per heavy atom. The van der Waals surface area contributed by atoms with Gasteiger partial charge >= 0.3 is 0 Å². The minimum absolute atomic E-state index is 0.0844. The van der Waals surface area contributed by atoms with Crippen LogP contribution in [-0.2, 0) is 0 Å². The molecule has 144 valence electrons. The average Bonchev–Trinajstić information content (AvgIpc) is 3.33. The van der Waals surface area contributed by atoms with Crippen molar-refractivity contribution in [3.8, 4) is 10.6 Å². The Bertz CT molecular complexity index is 836. The second-order valence-electron chi connectivity index (χ2n) is 7.66. The molecule has 1 aromatic heterocycles. The van der Waals surface area contributed by atoms with Gasteiger partial charge in [-0.05, 0) is 50.5 Å². The highest BCUT2D eigenvalue weighted by Crippen LogP contribution is 2.30. The second-order valence-corrected chi connectivity index (χ2v) is 8.66. The summed E-state index contributed by atoms with van der Waals surface area (Å²) in [5.74, 6) is -0.135. The van der Waals surface area contributed by atoms with Gasteiger partial charge in [-0.25, -0.2) is 9.37 Å². The van der Waals surface area contributed by atoms with Crippen LogP contribution in [0.2, 0.25) is 0 Å². The summed E-state index contributed by atoms with van der Waals surface area (Å²) in [6.45, 7) is 7.15. The minimum Gasteiger partial charge on any atom is -0.335 e. The highest BCUT2D eigenvalue weighted by atomic mass is 32.1. The summed E-state index contributed by atoms with van der Waals surface area (Å²) in [5.41, 5.74) is 2.23. The first-order valence-corrected chi connectivity index (χ1v) is 10.6. The van der Waals surface area contributed by atoms with Gasteiger partial charge in [-0.2, -0.15) is 0 Å². The number of carbonyl (C=O) groups excluding carboxylic acids is 1. The van der Waals surface area contributed by atoms with Crippen LogP contribution in [0.1, 0.15) is 46.6 Å². The van der Waals surface area contributed by atoms with E-state index in [0.29, 0.717) is 10.4 Å². The van der Waals surface area contributed by atoms with E-state index in [-0.39, 0.29) is 11.7 Å². The zero-order valence-corrected chi connectivity index (χ0v) is 16.8. The number of thiazole rings is 1. The largest absolute Gasteiger partial charge is 0.335 e. The van der Waals surface area contributed by atoms with Crippen LogP contribution in [0.25, 0.3) is 10.6 Å². The topological polar surface area (TPSA) is 36.4 Å². The Kier molecular flexibility index (Phi) is 5.28. The normalized spacial score (nSPS) is 19.0. The smallest absolute Gasteiger partial charge is 0.265 e. The molecular weight excluding hydrogens is 361 g/mol. The summed E-state index contributed by atoms with van der Waals surface area (Å²) in [6.07, 6.45) is 5.30. The molecule has 0 N–H and O–H groups in total. The number of benzene rings is 1. The summed E-state index contributed by atoms with van der Waals surface area (Å²) in [7, 11) is 0. The lowest BCUT2D eigenvalue weighted by molar-refractivity contribution is 0.0577. The van der Waals surface area contributed by atoms with Crippen LogP contribution in [-0.4, -0.2) is 52.9 Å². The first kappa shape index (κ1) is 18.6. The number of aryl methyl sites for hydroxylation is 2. The molecule has 1 aromatic carbocycles. The first-order valence-electron chi connectivity index (χ1n) is 9.80. The number of amides is 1. The van der Waals surface area contributed by atoms with Crippen molar-refractivity contribution in [2.75, 3.05) is 26.2 Å². The molecule has 6 heteroatoms. The van der Waals surface area contributed by atoms with Gasteiger partial charge in [-0.15, -0.1) is 11.3 Å². The van der Waals surface area contributed by atoms with Gasteiger partial charge < -0.3 is 4.90 Å². The van der Waals surface area contributed by atoms with Gasteiger partial charge in [0.25, 0.3) is 5.91 Å². The van der Waals surface area contributed by atoms with Gasteiger partial charge in [0.15, 0.2) is 0 Å². The maximum absolute atomic E-state index is 13.5. The fraction of sp³-hybridized carbons (Fsp3) is 0.524. The molecule has 4 nitrogen and oxygen atoms in total. The maximum Gasteiger partial charge on any atom is 0.265 e. The third-order valence-electron chi connectivity index (χ3n) is 5.84. The number of piperazine rings is 1. The molecule has 27 heavy (non-hydrogen) atoms. The third-order valence-corrected chi connectivity index (χ3v) is 7.03. The van der Waals surface area contributed by atoms with Crippen molar-refractivity contribution in [3.63, 3.8) is 0 Å². The van der Waals surface area contributed by atoms with Gasteiger partial charge in [0, 0.05) is 37.8 Å². The SMILES string of the molecule is Cc1cc(-c2nc(C)c(C(=O)N3CCN(C4CCCC4)CC3)s2)ccc1F. The van der Waals surface area contributed by atoms with E-state index in [1.807, 2.05) is 11.8 Å². The number of rotatable bonds is 3. The Hall–Kier alpha value is -1.79. The summed E-state index contributed by atoms with van der Waals surface area (Å²) >= 11 is 1.42. The van der Waals surface area contributed by atoms with Crippen molar-refractivity contribution in [1.82, 2.24) is 14.8 Å². The molecule has 2 aromatic rings. The van der Waals surface area contributed by atoms with Crippen LogP contribution in [0.4, 0.5) is 4.39 Å². The predicted octanol–water partition coefficient (Wildman–Crippen LogP) is 4.27. The van der Waals surface area contributed by atoms with Gasteiger partial charge in [-0.1, -0.05) is 12.8 Å². The van der Waals surface area contributed by atoms with Crippen molar-refractivity contribution in [1.29, 1.82) is 0 Å². The zero-order chi connectivity index (χ0) is 19.0. The first-order chi connectivity index (χ1) is 13.0. The molecule has 0 unspecified atom stereocenters. The zero-order valence-electron chi connectivity index (χ0n) is 16.0. The number of carbonyl (C=O) groups is 1. The molecule has 2 aliphatic rings. The molecule has 0 radical (unpaired) electrons. The molecule has 0 bridgehead atoms. The van der Waals surface area contributed by atoms with Crippen LogP contribution in [0.15, 0.2) is 18.2 Å². The molecule has 1 saturated heterocycles. The van der Waals surface area contributed by atoms with Crippen LogP contribution in [0.5, 0.6) is 0 Å². The van der Waals surface area contributed by atoms with E-state index >= 15 is 0 Å². The van der Waals surface area contributed by atoms with Crippen LogP contribution < -0.4 is 0 Å². The molecule has 4 rings (SSSR count). The maximum atomic E-state index is 13.5. The Labute approximate surface area is 164 Å².